The van der Waals surface area contributed by atoms with Crippen LogP contribution in [0.2, 0.25) is 0 Å². The molecule has 0 aliphatic carbocycles. The summed E-state index contributed by atoms with van der Waals surface area (Å²) in [7, 11) is 0. The Morgan fingerprint density at radius 1 is 1.54 bits per heavy atom. The van der Waals surface area contributed by atoms with Crippen LogP contribution in [-0.2, 0) is 0 Å². The Labute approximate surface area is 85.0 Å². The summed E-state index contributed by atoms with van der Waals surface area (Å²) in [5, 5.41) is 0. The van der Waals surface area contributed by atoms with Gasteiger partial charge in [0, 0.05) is 0 Å². The van der Waals surface area contributed by atoms with E-state index in [0.29, 0.717) is 17.9 Å². The van der Waals surface area contributed by atoms with Crippen molar-refractivity contribution in [3.8, 4) is 5.75 Å². The highest BCUT2D eigenvalue weighted by atomic mass is 79.9. The first-order valence-corrected chi connectivity index (χ1v) is 4.95. The number of hydrogen-bond acceptors (Lipinski definition) is 2. The summed E-state index contributed by atoms with van der Waals surface area (Å²) < 4.78 is 6.32. The number of hydrogen-bond donors (Lipinski definition) is 0. The van der Waals surface area contributed by atoms with E-state index in [9.17, 15) is 4.79 Å². The van der Waals surface area contributed by atoms with Crippen molar-refractivity contribution in [3.05, 3.63) is 28.2 Å². The molecule has 3 heteroatoms. The lowest BCUT2D eigenvalue weighted by molar-refractivity contribution is 0.0848. The van der Waals surface area contributed by atoms with Gasteiger partial charge >= 0.3 is 0 Å². The summed E-state index contributed by atoms with van der Waals surface area (Å²) in [6.45, 7) is 2.36. The predicted octanol–water partition coefficient (Wildman–Crippen LogP) is 2.66. The third-order valence-corrected chi connectivity index (χ3v) is 2.78. The second kappa shape index (κ2) is 3.14. The number of benzene rings is 1. The Kier molecular flexibility index (Phi) is 2.12. The zero-order valence-electron chi connectivity index (χ0n) is 7.21. The van der Waals surface area contributed by atoms with E-state index >= 15 is 0 Å². The lowest BCUT2D eigenvalue weighted by Crippen LogP contribution is -2.25. The van der Waals surface area contributed by atoms with Crippen LogP contribution < -0.4 is 4.74 Å². The Bertz CT molecular complexity index is 360. The normalized spacial score (nSPS) is 20.8. The summed E-state index contributed by atoms with van der Waals surface area (Å²) in [5.41, 5.74) is 0.688. The zero-order chi connectivity index (χ0) is 9.42. The molecule has 1 aromatic carbocycles. The van der Waals surface area contributed by atoms with Crippen molar-refractivity contribution in [1.29, 1.82) is 0 Å². The van der Waals surface area contributed by atoms with Crippen LogP contribution in [0.4, 0.5) is 0 Å². The predicted molar refractivity (Wildman–Crippen MR) is 53.1 cm³/mol. The Morgan fingerprint density at radius 2 is 2.31 bits per heavy atom. The van der Waals surface area contributed by atoms with E-state index in [1.165, 1.54) is 0 Å². The van der Waals surface area contributed by atoms with E-state index in [4.69, 9.17) is 4.74 Å². The minimum atomic E-state index is -0.0261. The SMILES string of the molecule is CC1COc2c(Br)cccc2C1=O. The molecule has 0 aromatic heterocycles. The first kappa shape index (κ1) is 8.75. The minimum absolute atomic E-state index is 0.0261. The van der Waals surface area contributed by atoms with Gasteiger partial charge in [-0.05, 0) is 28.1 Å². The van der Waals surface area contributed by atoms with Crippen LogP contribution in [0.5, 0.6) is 5.75 Å². The standard InChI is InChI=1S/C10H9BrO2/c1-6-5-13-10-7(9(6)12)3-2-4-8(10)11/h2-4,6H,5H2,1H3. The van der Waals surface area contributed by atoms with Gasteiger partial charge in [-0.1, -0.05) is 13.0 Å². The molecule has 1 heterocycles. The maximum atomic E-state index is 11.7. The molecule has 1 aliphatic rings. The van der Waals surface area contributed by atoms with Crippen molar-refractivity contribution < 1.29 is 9.53 Å². The maximum Gasteiger partial charge on any atom is 0.172 e. The van der Waals surface area contributed by atoms with Gasteiger partial charge in [-0.15, -0.1) is 0 Å². The fourth-order valence-electron chi connectivity index (χ4n) is 1.40. The highest BCUT2D eigenvalue weighted by Gasteiger charge is 2.26. The van der Waals surface area contributed by atoms with Crippen molar-refractivity contribution in [2.75, 3.05) is 6.61 Å². The summed E-state index contributed by atoms with van der Waals surface area (Å²) >= 11 is 3.35. The fraction of sp³-hybridized carbons (Fsp3) is 0.300. The highest BCUT2D eigenvalue weighted by molar-refractivity contribution is 9.10. The molecule has 0 amide bonds. The van der Waals surface area contributed by atoms with Crippen molar-refractivity contribution in [2.45, 2.75) is 6.92 Å². The van der Waals surface area contributed by atoms with Crippen LogP contribution in [0.1, 0.15) is 17.3 Å². The molecular formula is C10H9BrO2. The summed E-state index contributed by atoms with van der Waals surface area (Å²) in [6, 6.07) is 5.53. The minimum Gasteiger partial charge on any atom is -0.491 e. The van der Waals surface area contributed by atoms with Gasteiger partial charge in [0.2, 0.25) is 0 Å². The van der Waals surface area contributed by atoms with Gasteiger partial charge in [0.1, 0.15) is 5.75 Å². The number of Topliss-reactive ketones (excluding diaryl/α,β-unsaturated/α-hetero) is 1. The molecule has 1 atom stereocenters. The first-order valence-electron chi connectivity index (χ1n) is 4.15. The zero-order valence-corrected chi connectivity index (χ0v) is 8.80. The molecule has 2 rings (SSSR count). The molecule has 0 fully saturated rings. The summed E-state index contributed by atoms with van der Waals surface area (Å²) in [6.07, 6.45) is 0. The number of fused-ring (bicyclic) bond motifs is 1. The molecular weight excluding hydrogens is 232 g/mol. The number of ether oxygens (including phenoxy) is 1. The second-order valence-corrected chi connectivity index (χ2v) is 4.05. The molecule has 68 valence electrons. The van der Waals surface area contributed by atoms with E-state index < -0.39 is 0 Å². The largest absolute Gasteiger partial charge is 0.491 e. The van der Waals surface area contributed by atoms with Gasteiger partial charge in [0.15, 0.2) is 5.78 Å². The number of ketones is 1. The molecule has 1 aromatic rings. The van der Waals surface area contributed by atoms with Crippen LogP contribution in [0.3, 0.4) is 0 Å². The number of carbonyl (C=O) groups is 1. The Hall–Kier alpha value is -0.830. The second-order valence-electron chi connectivity index (χ2n) is 3.19. The Morgan fingerprint density at radius 3 is 3.08 bits per heavy atom. The highest BCUT2D eigenvalue weighted by Crippen LogP contribution is 2.33. The van der Waals surface area contributed by atoms with Crippen molar-refractivity contribution in [2.24, 2.45) is 5.92 Å². The van der Waals surface area contributed by atoms with Gasteiger partial charge in [0.05, 0.1) is 22.6 Å². The van der Waals surface area contributed by atoms with Gasteiger partial charge in [-0.3, -0.25) is 4.79 Å². The average Bonchev–Trinajstić information content (AvgIpc) is 2.12. The van der Waals surface area contributed by atoms with Crippen LogP contribution in [-0.4, -0.2) is 12.4 Å². The third kappa shape index (κ3) is 1.37. The van der Waals surface area contributed by atoms with Crippen molar-refractivity contribution >= 4 is 21.7 Å². The molecule has 0 saturated carbocycles. The smallest absolute Gasteiger partial charge is 0.172 e. The number of halogens is 1. The van der Waals surface area contributed by atoms with Crippen LogP contribution in [0.15, 0.2) is 22.7 Å². The van der Waals surface area contributed by atoms with Crippen LogP contribution in [0.25, 0.3) is 0 Å². The number of carbonyl (C=O) groups excluding carboxylic acids is 1. The number of rotatable bonds is 0. The summed E-state index contributed by atoms with van der Waals surface area (Å²) in [5.74, 6) is 0.829. The van der Waals surface area contributed by atoms with E-state index in [2.05, 4.69) is 15.9 Å². The molecule has 0 N–H and O–H groups in total. The van der Waals surface area contributed by atoms with E-state index in [1.807, 2.05) is 19.1 Å². The lowest BCUT2D eigenvalue weighted by Gasteiger charge is -2.21. The van der Waals surface area contributed by atoms with Crippen molar-refractivity contribution in [1.82, 2.24) is 0 Å². The molecule has 0 saturated heterocycles. The summed E-state index contributed by atoms with van der Waals surface area (Å²) in [4.78, 5) is 11.7. The average molecular weight is 241 g/mol. The molecule has 1 unspecified atom stereocenters. The fourth-order valence-corrected chi connectivity index (χ4v) is 1.88. The molecule has 0 spiro atoms. The van der Waals surface area contributed by atoms with Gasteiger partial charge < -0.3 is 4.74 Å². The maximum absolute atomic E-state index is 11.7. The van der Waals surface area contributed by atoms with Crippen molar-refractivity contribution in [3.63, 3.8) is 0 Å². The van der Waals surface area contributed by atoms with Crippen LogP contribution in [0, 0.1) is 5.92 Å². The number of para-hydroxylation sites is 1. The van der Waals surface area contributed by atoms with Crippen LogP contribution >= 0.6 is 15.9 Å². The first-order chi connectivity index (χ1) is 6.20. The molecule has 0 bridgehead atoms. The molecule has 2 nitrogen and oxygen atoms in total. The Balaban J connectivity index is 2.55. The topological polar surface area (TPSA) is 26.3 Å². The quantitative estimate of drug-likeness (QED) is 0.697. The van der Waals surface area contributed by atoms with Gasteiger partial charge in [-0.25, -0.2) is 0 Å². The lowest BCUT2D eigenvalue weighted by atomic mass is 9.97. The molecule has 1 aliphatic heterocycles. The van der Waals surface area contributed by atoms with Gasteiger partial charge in [0.25, 0.3) is 0 Å². The van der Waals surface area contributed by atoms with E-state index in [1.54, 1.807) is 6.07 Å². The van der Waals surface area contributed by atoms with E-state index in [-0.39, 0.29) is 11.7 Å². The molecule has 13 heavy (non-hydrogen) atoms. The molecule has 0 radical (unpaired) electrons. The third-order valence-electron chi connectivity index (χ3n) is 2.16. The van der Waals surface area contributed by atoms with Gasteiger partial charge in [-0.2, -0.15) is 0 Å². The van der Waals surface area contributed by atoms with E-state index in [0.717, 1.165) is 4.47 Å². The monoisotopic (exact) mass is 240 g/mol.